The second kappa shape index (κ2) is 8.04. The molecule has 1 aromatic rings. The highest BCUT2D eigenvalue weighted by atomic mass is 16.5. The third kappa shape index (κ3) is 6.08. The number of rotatable bonds is 7. The van der Waals surface area contributed by atoms with Gasteiger partial charge in [-0.15, -0.1) is 0 Å². The number of hydrogen-bond acceptors (Lipinski definition) is 6. The van der Waals surface area contributed by atoms with Gasteiger partial charge in [-0.2, -0.15) is 0 Å². The lowest BCUT2D eigenvalue weighted by Crippen LogP contribution is -2.22. The second-order valence-electron chi connectivity index (χ2n) is 4.41. The minimum absolute atomic E-state index is 0.0145. The smallest absolute Gasteiger partial charge is 0.339 e. The van der Waals surface area contributed by atoms with Gasteiger partial charge in [0.1, 0.15) is 5.78 Å². The van der Waals surface area contributed by atoms with E-state index in [2.05, 4.69) is 4.98 Å². The number of nitrogens with zero attached hydrogens (tertiary/aromatic N) is 1. The van der Waals surface area contributed by atoms with E-state index in [0.717, 1.165) is 0 Å². The average molecular weight is 279 g/mol. The molecule has 0 bridgehead atoms. The summed E-state index contributed by atoms with van der Waals surface area (Å²) in [6.07, 6.45) is 3.14. The third-order valence-corrected chi connectivity index (χ3v) is 2.45. The fourth-order valence-corrected chi connectivity index (χ4v) is 1.57. The monoisotopic (exact) mass is 279 g/mol. The van der Waals surface area contributed by atoms with Crippen molar-refractivity contribution in [1.29, 1.82) is 0 Å². The molecule has 0 N–H and O–H groups in total. The van der Waals surface area contributed by atoms with E-state index in [0.29, 0.717) is 5.56 Å². The Hall–Kier alpha value is -2.24. The van der Waals surface area contributed by atoms with Crippen LogP contribution in [0.15, 0.2) is 24.5 Å². The quantitative estimate of drug-likeness (QED) is 0.701. The summed E-state index contributed by atoms with van der Waals surface area (Å²) < 4.78 is 9.95. The van der Waals surface area contributed by atoms with E-state index in [9.17, 15) is 14.4 Å². The summed E-state index contributed by atoms with van der Waals surface area (Å²) in [4.78, 5) is 37.4. The molecule has 6 nitrogen and oxygen atoms in total. The molecular weight excluding hydrogens is 262 g/mol. The van der Waals surface area contributed by atoms with Crippen molar-refractivity contribution < 1.29 is 23.9 Å². The first-order valence-corrected chi connectivity index (χ1v) is 6.19. The summed E-state index contributed by atoms with van der Waals surface area (Å²) in [5, 5.41) is 0. The number of esters is 2. The lowest BCUT2D eigenvalue weighted by Gasteiger charge is -2.15. The Labute approximate surface area is 117 Å². The number of ether oxygens (including phenoxy) is 2. The standard InChI is InChI=1S/C14H17NO5/c1-10(16)6-12(8-19-11(2)17)9-20-14(18)13-4-3-5-15-7-13/h3-5,7,12H,6,8-9H2,1-2H3. The van der Waals surface area contributed by atoms with Crippen molar-refractivity contribution in [3.05, 3.63) is 30.1 Å². The van der Waals surface area contributed by atoms with Gasteiger partial charge in [0, 0.05) is 31.7 Å². The van der Waals surface area contributed by atoms with Gasteiger partial charge in [-0.25, -0.2) is 4.79 Å². The van der Waals surface area contributed by atoms with E-state index in [-0.39, 0.29) is 31.3 Å². The first-order chi connectivity index (χ1) is 9.49. The molecule has 108 valence electrons. The molecular formula is C14H17NO5. The SMILES string of the molecule is CC(=O)CC(COC(C)=O)COC(=O)c1cccnc1. The molecule has 0 aromatic carbocycles. The normalized spacial score (nSPS) is 11.5. The number of carbonyl (C=O) groups excluding carboxylic acids is 3. The van der Waals surface area contributed by atoms with E-state index in [4.69, 9.17) is 9.47 Å². The lowest BCUT2D eigenvalue weighted by molar-refractivity contribution is -0.143. The summed E-state index contributed by atoms with van der Waals surface area (Å²) in [5.41, 5.74) is 0.335. The van der Waals surface area contributed by atoms with Crippen molar-refractivity contribution in [1.82, 2.24) is 4.98 Å². The van der Waals surface area contributed by atoms with Crippen LogP contribution in [0, 0.1) is 5.92 Å². The number of Topliss-reactive ketones (excluding diaryl/α,β-unsaturated/α-hetero) is 1. The molecule has 0 aliphatic rings. The highest BCUT2D eigenvalue weighted by Gasteiger charge is 2.16. The molecule has 0 saturated carbocycles. The molecule has 0 fully saturated rings. The number of aromatic nitrogens is 1. The maximum absolute atomic E-state index is 11.7. The molecule has 0 amide bonds. The van der Waals surface area contributed by atoms with Crippen molar-refractivity contribution in [2.75, 3.05) is 13.2 Å². The van der Waals surface area contributed by atoms with Crippen molar-refractivity contribution in [3.8, 4) is 0 Å². The number of ketones is 1. The molecule has 0 saturated heterocycles. The first-order valence-electron chi connectivity index (χ1n) is 6.19. The minimum Gasteiger partial charge on any atom is -0.465 e. The van der Waals surface area contributed by atoms with E-state index in [1.165, 1.54) is 20.0 Å². The number of pyridine rings is 1. The van der Waals surface area contributed by atoms with Gasteiger partial charge in [-0.1, -0.05) is 0 Å². The van der Waals surface area contributed by atoms with E-state index in [1.807, 2.05) is 0 Å². The second-order valence-corrected chi connectivity index (χ2v) is 4.41. The Morgan fingerprint density at radius 3 is 2.45 bits per heavy atom. The van der Waals surface area contributed by atoms with Crippen LogP contribution in [0.1, 0.15) is 30.6 Å². The molecule has 1 atom stereocenters. The zero-order chi connectivity index (χ0) is 15.0. The van der Waals surface area contributed by atoms with Gasteiger partial charge in [0.2, 0.25) is 0 Å². The van der Waals surface area contributed by atoms with Crippen LogP contribution in [-0.2, 0) is 19.1 Å². The molecule has 20 heavy (non-hydrogen) atoms. The molecule has 1 rings (SSSR count). The molecule has 0 aliphatic carbocycles. The molecule has 0 spiro atoms. The molecule has 6 heteroatoms. The Morgan fingerprint density at radius 2 is 1.90 bits per heavy atom. The van der Waals surface area contributed by atoms with E-state index in [1.54, 1.807) is 18.3 Å². The van der Waals surface area contributed by atoms with Gasteiger partial charge in [0.25, 0.3) is 0 Å². The van der Waals surface area contributed by atoms with Crippen LogP contribution in [0.4, 0.5) is 0 Å². The summed E-state index contributed by atoms with van der Waals surface area (Å²) >= 11 is 0. The van der Waals surface area contributed by atoms with Crippen molar-refractivity contribution >= 4 is 17.7 Å². The van der Waals surface area contributed by atoms with Gasteiger partial charge in [0.15, 0.2) is 0 Å². The van der Waals surface area contributed by atoms with Crippen molar-refractivity contribution in [2.45, 2.75) is 20.3 Å². The van der Waals surface area contributed by atoms with E-state index >= 15 is 0 Å². The van der Waals surface area contributed by atoms with Crippen LogP contribution in [0.5, 0.6) is 0 Å². The van der Waals surface area contributed by atoms with Crippen LogP contribution in [0.3, 0.4) is 0 Å². The summed E-state index contributed by atoms with van der Waals surface area (Å²) in [6.45, 7) is 2.78. The van der Waals surface area contributed by atoms with E-state index < -0.39 is 11.9 Å². The Bertz CT molecular complexity index is 472. The van der Waals surface area contributed by atoms with Crippen LogP contribution in [-0.4, -0.2) is 35.9 Å². The molecule has 1 heterocycles. The molecule has 1 unspecified atom stereocenters. The van der Waals surface area contributed by atoms with Crippen LogP contribution < -0.4 is 0 Å². The van der Waals surface area contributed by atoms with Gasteiger partial charge >= 0.3 is 11.9 Å². The largest absolute Gasteiger partial charge is 0.465 e. The Balaban J connectivity index is 2.50. The number of carbonyl (C=O) groups is 3. The average Bonchev–Trinajstić information content (AvgIpc) is 2.42. The third-order valence-electron chi connectivity index (χ3n) is 2.45. The van der Waals surface area contributed by atoms with Crippen LogP contribution >= 0.6 is 0 Å². The van der Waals surface area contributed by atoms with Crippen LogP contribution in [0.2, 0.25) is 0 Å². The van der Waals surface area contributed by atoms with Gasteiger partial charge in [-0.3, -0.25) is 9.78 Å². The lowest BCUT2D eigenvalue weighted by atomic mass is 10.1. The summed E-state index contributed by atoms with van der Waals surface area (Å²) in [6, 6.07) is 3.21. The topological polar surface area (TPSA) is 82.6 Å². The van der Waals surface area contributed by atoms with Gasteiger partial charge in [0.05, 0.1) is 18.8 Å². The predicted molar refractivity (Wildman–Crippen MR) is 69.9 cm³/mol. The summed E-state index contributed by atoms with van der Waals surface area (Å²) in [7, 11) is 0. The zero-order valence-electron chi connectivity index (χ0n) is 11.5. The minimum atomic E-state index is -0.519. The highest BCUT2D eigenvalue weighted by molar-refractivity contribution is 5.88. The first kappa shape index (κ1) is 15.8. The fourth-order valence-electron chi connectivity index (χ4n) is 1.57. The predicted octanol–water partition coefficient (Wildman–Crippen LogP) is 1.40. The molecule has 0 radical (unpaired) electrons. The Kier molecular flexibility index (Phi) is 6.36. The highest BCUT2D eigenvalue weighted by Crippen LogP contribution is 2.08. The van der Waals surface area contributed by atoms with Crippen molar-refractivity contribution in [2.24, 2.45) is 5.92 Å². The van der Waals surface area contributed by atoms with Crippen LogP contribution in [0.25, 0.3) is 0 Å². The molecule has 1 aromatic heterocycles. The number of hydrogen-bond donors (Lipinski definition) is 0. The fraction of sp³-hybridized carbons (Fsp3) is 0.429. The zero-order valence-corrected chi connectivity index (χ0v) is 11.5. The van der Waals surface area contributed by atoms with Crippen molar-refractivity contribution in [3.63, 3.8) is 0 Å². The summed E-state index contributed by atoms with van der Waals surface area (Å²) in [5.74, 6) is -1.34. The Morgan fingerprint density at radius 1 is 1.20 bits per heavy atom. The maximum atomic E-state index is 11.7. The van der Waals surface area contributed by atoms with Gasteiger partial charge < -0.3 is 14.3 Å². The maximum Gasteiger partial charge on any atom is 0.339 e. The van der Waals surface area contributed by atoms with Gasteiger partial charge in [-0.05, 0) is 19.1 Å². The molecule has 0 aliphatic heterocycles.